The van der Waals surface area contributed by atoms with Crippen LogP contribution in [0.1, 0.15) is 16.7 Å². The number of benzene rings is 2. The van der Waals surface area contributed by atoms with Crippen molar-refractivity contribution in [2.45, 2.75) is 27.0 Å². The molecule has 2 aromatic carbocycles. The van der Waals surface area contributed by atoms with Crippen LogP contribution in [0.3, 0.4) is 0 Å². The molecule has 0 bridgehead atoms. The van der Waals surface area contributed by atoms with Gasteiger partial charge in [-0.05, 0) is 55.3 Å². The topological polar surface area (TPSA) is 42.8 Å². The molecule has 7 heteroatoms. The van der Waals surface area contributed by atoms with E-state index in [1.165, 1.54) is 12.1 Å². The molecule has 2 N–H and O–H groups in total. The number of hydrogen-bond donors (Lipinski definition) is 2. The van der Waals surface area contributed by atoms with Crippen molar-refractivity contribution in [1.82, 2.24) is 0 Å². The number of likely N-dealkylation sites (N-methyl/N-ethyl adjacent to an activating group) is 1. The number of aryl methyl sites for hydroxylation is 2. The van der Waals surface area contributed by atoms with E-state index in [1.54, 1.807) is 12.1 Å². The van der Waals surface area contributed by atoms with Gasteiger partial charge in [0.05, 0.1) is 17.8 Å². The van der Waals surface area contributed by atoms with Crippen molar-refractivity contribution in [2.24, 2.45) is 0 Å². The predicted octanol–water partition coefficient (Wildman–Crippen LogP) is 3.21. The van der Waals surface area contributed by atoms with E-state index in [9.17, 15) is 13.6 Å². The van der Waals surface area contributed by atoms with Gasteiger partial charge in [0.25, 0.3) is 5.91 Å². The van der Waals surface area contributed by atoms with Gasteiger partial charge in [-0.1, -0.05) is 17.7 Å². The Morgan fingerprint density at radius 1 is 1.23 bits per heavy atom. The van der Waals surface area contributed by atoms with Crippen LogP contribution in [0.25, 0.3) is 0 Å². The highest BCUT2D eigenvalue weighted by Crippen LogP contribution is 2.27. The molecule has 0 aliphatic rings. The molecule has 0 spiro atoms. The first-order valence-electron chi connectivity index (χ1n) is 8.16. The van der Waals surface area contributed by atoms with E-state index in [4.69, 9.17) is 11.6 Å². The van der Waals surface area contributed by atoms with Crippen LogP contribution < -0.4 is 15.0 Å². The lowest BCUT2D eigenvalue weighted by atomic mass is 10.1. The van der Waals surface area contributed by atoms with Gasteiger partial charge in [-0.3, -0.25) is 4.79 Å². The molecule has 140 valence electrons. The van der Waals surface area contributed by atoms with Crippen LogP contribution in [0.5, 0.6) is 5.75 Å². The highest BCUT2D eigenvalue weighted by Gasteiger charge is 2.14. The molecule has 2 aromatic rings. The first-order chi connectivity index (χ1) is 12.2. The number of hydrogen-bond acceptors (Lipinski definition) is 2. The molecule has 0 aliphatic heterocycles. The largest absolute Gasteiger partial charge is 0.435 e. The van der Waals surface area contributed by atoms with Gasteiger partial charge in [0.2, 0.25) is 0 Å². The quantitative estimate of drug-likeness (QED) is 0.771. The summed E-state index contributed by atoms with van der Waals surface area (Å²) in [7, 11) is 1.88. The molecule has 1 amide bonds. The van der Waals surface area contributed by atoms with Crippen LogP contribution in [-0.4, -0.2) is 26.1 Å². The third kappa shape index (κ3) is 5.97. The second kappa shape index (κ2) is 8.96. The molecule has 0 saturated heterocycles. The number of rotatable bonds is 7. The number of ether oxygens (including phenoxy) is 1. The van der Waals surface area contributed by atoms with Gasteiger partial charge >= 0.3 is 6.61 Å². The molecule has 0 radical (unpaired) electrons. The molecule has 0 saturated carbocycles. The van der Waals surface area contributed by atoms with E-state index in [1.807, 2.05) is 33.0 Å². The van der Waals surface area contributed by atoms with Crippen LogP contribution in [0.4, 0.5) is 14.5 Å². The van der Waals surface area contributed by atoms with Gasteiger partial charge in [0.15, 0.2) is 6.54 Å². The Hall–Kier alpha value is -2.18. The van der Waals surface area contributed by atoms with Crippen molar-refractivity contribution in [2.75, 3.05) is 18.9 Å². The van der Waals surface area contributed by atoms with E-state index in [0.29, 0.717) is 17.3 Å². The molecular formula is C19H22ClF2N2O2+. The maximum absolute atomic E-state index is 12.3. The van der Waals surface area contributed by atoms with Crippen molar-refractivity contribution in [3.63, 3.8) is 0 Å². The minimum Gasteiger partial charge on any atom is -0.435 e. The zero-order chi connectivity index (χ0) is 19.3. The van der Waals surface area contributed by atoms with Crippen molar-refractivity contribution in [3.8, 4) is 5.75 Å². The third-order valence-electron chi connectivity index (χ3n) is 3.81. The summed E-state index contributed by atoms with van der Waals surface area (Å²) in [6.45, 7) is 1.82. The number of alkyl halides is 2. The minimum absolute atomic E-state index is 0.114. The molecular weight excluding hydrogens is 362 g/mol. The van der Waals surface area contributed by atoms with Gasteiger partial charge in [-0.2, -0.15) is 8.78 Å². The Morgan fingerprint density at radius 3 is 2.46 bits per heavy atom. The average molecular weight is 384 g/mol. The zero-order valence-corrected chi connectivity index (χ0v) is 15.7. The summed E-state index contributed by atoms with van der Waals surface area (Å²) < 4.78 is 28.6. The smallest absolute Gasteiger partial charge is 0.387 e. The number of carbonyl (C=O) groups is 1. The second-order valence-corrected chi connectivity index (χ2v) is 6.73. The summed E-state index contributed by atoms with van der Waals surface area (Å²) in [5.41, 5.74) is 3.49. The Balaban J connectivity index is 1.91. The molecule has 1 atom stereocenters. The minimum atomic E-state index is -2.84. The van der Waals surface area contributed by atoms with E-state index < -0.39 is 6.61 Å². The number of amides is 1. The van der Waals surface area contributed by atoms with Gasteiger partial charge in [-0.15, -0.1) is 0 Å². The van der Waals surface area contributed by atoms with Crippen molar-refractivity contribution >= 4 is 23.2 Å². The molecule has 0 fully saturated rings. The number of halogens is 3. The van der Waals surface area contributed by atoms with Gasteiger partial charge in [-0.25, -0.2) is 0 Å². The molecule has 0 aromatic heterocycles. The van der Waals surface area contributed by atoms with Crippen LogP contribution >= 0.6 is 11.6 Å². The van der Waals surface area contributed by atoms with E-state index in [0.717, 1.165) is 21.6 Å². The first-order valence-corrected chi connectivity index (χ1v) is 8.54. The normalized spacial score (nSPS) is 12.1. The highest BCUT2D eigenvalue weighted by atomic mass is 35.5. The fourth-order valence-electron chi connectivity index (χ4n) is 2.73. The summed E-state index contributed by atoms with van der Waals surface area (Å²) in [4.78, 5) is 13.2. The average Bonchev–Trinajstić information content (AvgIpc) is 2.52. The molecule has 26 heavy (non-hydrogen) atoms. The summed E-state index contributed by atoms with van der Waals surface area (Å²) in [6, 6.07) is 10.2. The van der Waals surface area contributed by atoms with Crippen LogP contribution in [-0.2, 0) is 11.3 Å². The maximum Gasteiger partial charge on any atom is 0.387 e. The second-order valence-electron chi connectivity index (χ2n) is 6.32. The molecule has 1 unspecified atom stereocenters. The van der Waals surface area contributed by atoms with E-state index >= 15 is 0 Å². The van der Waals surface area contributed by atoms with Gasteiger partial charge < -0.3 is 15.0 Å². The van der Waals surface area contributed by atoms with Gasteiger partial charge in [0, 0.05) is 5.56 Å². The van der Waals surface area contributed by atoms with Crippen molar-refractivity contribution < 1.29 is 23.2 Å². The lowest BCUT2D eigenvalue weighted by molar-refractivity contribution is -0.885. The lowest BCUT2D eigenvalue weighted by Crippen LogP contribution is -3.08. The summed E-state index contributed by atoms with van der Waals surface area (Å²) in [5.74, 6) is -0.0300. The summed E-state index contributed by atoms with van der Waals surface area (Å²) in [5, 5.41) is 3.37. The first kappa shape index (κ1) is 20.1. The zero-order valence-electron chi connectivity index (χ0n) is 14.9. The summed E-state index contributed by atoms with van der Waals surface area (Å²) >= 11 is 6.21. The molecule has 2 rings (SSSR count). The van der Waals surface area contributed by atoms with Crippen LogP contribution in [0.15, 0.2) is 36.4 Å². The fraction of sp³-hybridized carbons (Fsp3) is 0.316. The lowest BCUT2D eigenvalue weighted by Gasteiger charge is -2.16. The third-order valence-corrected chi connectivity index (χ3v) is 4.11. The molecule has 0 heterocycles. The monoisotopic (exact) mass is 383 g/mol. The number of quaternary nitrogens is 1. The highest BCUT2D eigenvalue weighted by molar-refractivity contribution is 6.34. The molecule has 0 aliphatic carbocycles. The Labute approximate surface area is 156 Å². The van der Waals surface area contributed by atoms with Crippen LogP contribution in [0, 0.1) is 13.8 Å². The number of carbonyl (C=O) groups excluding carboxylic acids is 1. The van der Waals surface area contributed by atoms with Crippen LogP contribution in [0.2, 0.25) is 5.02 Å². The van der Waals surface area contributed by atoms with Gasteiger partial charge in [0.1, 0.15) is 12.3 Å². The number of anilines is 1. The standard InChI is InChI=1S/C19H21ClF2N2O2/c1-12-8-13(2)18(16(20)9-12)23-17(25)11-24(3)10-14-4-6-15(7-5-14)26-19(21)22/h4-9,19H,10-11H2,1-3H3,(H,23,25)/p+1. The van der Waals surface area contributed by atoms with E-state index in [-0.39, 0.29) is 18.2 Å². The van der Waals surface area contributed by atoms with Crippen molar-refractivity contribution in [1.29, 1.82) is 0 Å². The van der Waals surface area contributed by atoms with Crippen molar-refractivity contribution in [3.05, 3.63) is 58.1 Å². The fourth-order valence-corrected chi connectivity index (χ4v) is 3.10. The Bertz CT molecular complexity index is 744. The predicted molar refractivity (Wildman–Crippen MR) is 98.1 cm³/mol. The maximum atomic E-state index is 12.3. The van der Waals surface area contributed by atoms with E-state index in [2.05, 4.69) is 10.1 Å². The molecule has 4 nitrogen and oxygen atoms in total. The Morgan fingerprint density at radius 2 is 1.88 bits per heavy atom. The SMILES string of the molecule is Cc1cc(C)c(NC(=O)C[NH+](C)Cc2ccc(OC(F)F)cc2)c(Cl)c1. The summed E-state index contributed by atoms with van der Waals surface area (Å²) in [6.07, 6.45) is 0. The Kier molecular flexibility index (Phi) is 6.94. The number of nitrogens with one attached hydrogen (secondary N) is 2.